The molecule has 0 aliphatic heterocycles. The summed E-state index contributed by atoms with van der Waals surface area (Å²) in [5.41, 5.74) is -0.352. The Bertz CT molecular complexity index is 847. The predicted octanol–water partition coefficient (Wildman–Crippen LogP) is 2.11. The Morgan fingerprint density at radius 3 is 2.66 bits per heavy atom. The molecule has 1 saturated carbocycles. The first kappa shape index (κ1) is 21.0. The van der Waals surface area contributed by atoms with Crippen LogP contribution in [0.1, 0.15) is 30.3 Å². The van der Waals surface area contributed by atoms with E-state index in [4.69, 9.17) is 13.9 Å². The Hall–Kier alpha value is -2.71. The van der Waals surface area contributed by atoms with Gasteiger partial charge in [0.15, 0.2) is 17.1 Å². The smallest absolute Gasteiger partial charge is 0.289 e. The molecule has 29 heavy (non-hydrogen) atoms. The molecule has 3 rings (SSSR count). The van der Waals surface area contributed by atoms with Gasteiger partial charge in [0.25, 0.3) is 11.8 Å². The highest BCUT2D eigenvalue weighted by Crippen LogP contribution is 2.28. The molecule has 156 valence electrons. The maximum atomic E-state index is 12.7. The SMILES string of the molecule is COCC(C)(OC)C(=O)NC1CC(N(C)C(=O)c2ccc(-c3ccccn3)o2)C1. The fraction of sp³-hybridized carbons (Fsp3) is 0.476. The zero-order valence-electron chi connectivity index (χ0n) is 17.2. The van der Waals surface area contributed by atoms with E-state index in [0.29, 0.717) is 24.3 Å². The second-order valence-electron chi connectivity index (χ2n) is 7.46. The lowest BCUT2D eigenvalue weighted by Crippen LogP contribution is -2.59. The Morgan fingerprint density at radius 1 is 1.28 bits per heavy atom. The Balaban J connectivity index is 1.54. The number of ether oxygens (including phenoxy) is 2. The number of carbonyl (C=O) groups is 2. The van der Waals surface area contributed by atoms with Gasteiger partial charge in [-0.15, -0.1) is 0 Å². The van der Waals surface area contributed by atoms with Crippen molar-refractivity contribution in [1.82, 2.24) is 15.2 Å². The van der Waals surface area contributed by atoms with Crippen LogP contribution in [0.2, 0.25) is 0 Å². The number of rotatable bonds is 8. The minimum Gasteiger partial charge on any atom is -0.449 e. The quantitative estimate of drug-likeness (QED) is 0.728. The molecule has 0 spiro atoms. The van der Waals surface area contributed by atoms with Crippen LogP contribution in [0.3, 0.4) is 0 Å². The minimum atomic E-state index is -1.03. The van der Waals surface area contributed by atoms with E-state index in [0.717, 1.165) is 0 Å². The van der Waals surface area contributed by atoms with Crippen molar-refractivity contribution in [2.75, 3.05) is 27.9 Å². The van der Waals surface area contributed by atoms with Crippen LogP contribution < -0.4 is 5.32 Å². The van der Waals surface area contributed by atoms with Gasteiger partial charge in [0.05, 0.1) is 6.61 Å². The second kappa shape index (κ2) is 8.75. The summed E-state index contributed by atoms with van der Waals surface area (Å²) < 4.78 is 16.1. The lowest BCUT2D eigenvalue weighted by molar-refractivity contribution is -0.149. The summed E-state index contributed by atoms with van der Waals surface area (Å²) in [5, 5.41) is 2.97. The van der Waals surface area contributed by atoms with Crippen molar-refractivity contribution in [3.63, 3.8) is 0 Å². The van der Waals surface area contributed by atoms with Crippen LogP contribution in [0.15, 0.2) is 40.9 Å². The first-order chi connectivity index (χ1) is 13.9. The summed E-state index contributed by atoms with van der Waals surface area (Å²) in [7, 11) is 4.76. The highest BCUT2D eigenvalue weighted by Gasteiger charge is 2.40. The lowest BCUT2D eigenvalue weighted by Gasteiger charge is -2.42. The molecular formula is C21H27N3O5. The third kappa shape index (κ3) is 4.49. The predicted molar refractivity (Wildman–Crippen MR) is 106 cm³/mol. The Labute approximate surface area is 170 Å². The molecule has 0 bridgehead atoms. The molecule has 1 fully saturated rings. The topological polar surface area (TPSA) is 93.9 Å². The average Bonchev–Trinajstić information content (AvgIpc) is 3.20. The van der Waals surface area contributed by atoms with Crippen molar-refractivity contribution in [3.8, 4) is 11.5 Å². The van der Waals surface area contributed by atoms with Crippen LogP contribution in [0, 0.1) is 0 Å². The molecule has 8 nitrogen and oxygen atoms in total. The maximum absolute atomic E-state index is 12.7. The number of hydrogen-bond donors (Lipinski definition) is 1. The third-order valence-electron chi connectivity index (χ3n) is 5.40. The van der Waals surface area contributed by atoms with Gasteiger partial charge in [0, 0.05) is 39.5 Å². The molecule has 1 unspecified atom stereocenters. The van der Waals surface area contributed by atoms with Gasteiger partial charge in [-0.25, -0.2) is 0 Å². The molecule has 0 aromatic carbocycles. The molecule has 8 heteroatoms. The Kier molecular flexibility index (Phi) is 6.34. The molecular weight excluding hydrogens is 374 g/mol. The average molecular weight is 401 g/mol. The van der Waals surface area contributed by atoms with E-state index in [2.05, 4.69) is 10.3 Å². The van der Waals surface area contributed by atoms with E-state index < -0.39 is 5.60 Å². The number of nitrogens with one attached hydrogen (secondary N) is 1. The maximum Gasteiger partial charge on any atom is 0.289 e. The highest BCUT2D eigenvalue weighted by atomic mass is 16.5. The van der Waals surface area contributed by atoms with E-state index in [9.17, 15) is 9.59 Å². The molecule has 1 aliphatic rings. The van der Waals surface area contributed by atoms with E-state index in [-0.39, 0.29) is 36.3 Å². The summed E-state index contributed by atoms with van der Waals surface area (Å²) in [6.07, 6.45) is 3.03. The first-order valence-corrected chi connectivity index (χ1v) is 9.51. The summed E-state index contributed by atoms with van der Waals surface area (Å²) in [6.45, 7) is 1.86. The van der Waals surface area contributed by atoms with Gasteiger partial charge in [-0.05, 0) is 44.0 Å². The van der Waals surface area contributed by atoms with E-state index >= 15 is 0 Å². The van der Waals surface area contributed by atoms with E-state index in [1.54, 1.807) is 37.2 Å². The van der Waals surface area contributed by atoms with Gasteiger partial charge in [-0.1, -0.05) is 6.07 Å². The number of carbonyl (C=O) groups excluding carboxylic acids is 2. The molecule has 2 aromatic rings. The summed E-state index contributed by atoms with van der Waals surface area (Å²) in [5.74, 6) is 0.416. The zero-order valence-corrected chi connectivity index (χ0v) is 17.2. The van der Waals surface area contributed by atoms with Gasteiger partial charge in [-0.3, -0.25) is 14.6 Å². The van der Waals surface area contributed by atoms with Crippen molar-refractivity contribution in [1.29, 1.82) is 0 Å². The number of aromatic nitrogens is 1. The molecule has 2 aromatic heterocycles. The van der Waals surface area contributed by atoms with Crippen molar-refractivity contribution in [2.45, 2.75) is 37.5 Å². The van der Waals surface area contributed by atoms with Crippen LogP contribution >= 0.6 is 0 Å². The number of pyridine rings is 1. The van der Waals surface area contributed by atoms with Gasteiger partial charge < -0.3 is 24.1 Å². The fourth-order valence-electron chi connectivity index (χ4n) is 3.29. The normalized spacial score (nSPS) is 20.4. The van der Waals surface area contributed by atoms with Crippen LogP contribution in [-0.4, -0.2) is 67.3 Å². The molecule has 0 saturated heterocycles. The summed E-state index contributed by atoms with van der Waals surface area (Å²) >= 11 is 0. The standard InChI is InChI=1S/C21H27N3O5/c1-21(28-4,13-27-3)20(26)23-14-11-15(12-14)24(2)19(25)18-9-8-17(29-18)16-7-5-6-10-22-16/h5-10,14-15H,11-13H2,1-4H3,(H,23,26). The molecule has 1 aliphatic carbocycles. The van der Waals surface area contributed by atoms with Crippen molar-refractivity contribution in [3.05, 3.63) is 42.3 Å². The second-order valence-corrected chi connectivity index (χ2v) is 7.46. The van der Waals surface area contributed by atoms with Crippen molar-refractivity contribution >= 4 is 11.8 Å². The van der Waals surface area contributed by atoms with Gasteiger partial charge >= 0.3 is 0 Å². The number of nitrogens with zero attached hydrogens (tertiary/aromatic N) is 2. The molecule has 1 N–H and O–H groups in total. The van der Waals surface area contributed by atoms with Gasteiger partial charge in [-0.2, -0.15) is 0 Å². The summed E-state index contributed by atoms with van der Waals surface area (Å²) in [4.78, 5) is 31.1. The largest absolute Gasteiger partial charge is 0.449 e. The van der Waals surface area contributed by atoms with Gasteiger partial charge in [0.2, 0.25) is 0 Å². The number of amides is 2. The van der Waals surface area contributed by atoms with Crippen LogP contribution in [-0.2, 0) is 14.3 Å². The van der Waals surface area contributed by atoms with Crippen LogP contribution in [0.4, 0.5) is 0 Å². The van der Waals surface area contributed by atoms with E-state index in [1.165, 1.54) is 14.2 Å². The molecule has 0 radical (unpaired) electrons. The molecule has 1 atom stereocenters. The van der Waals surface area contributed by atoms with Gasteiger partial charge in [0.1, 0.15) is 5.69 Å². The fourth-order valence-corrected chi connectivity index (χ4v) is 3.29. The van der Waals surface area contributed by atoms with Crippen LogP contribution in [0.5, 0.6) is 0 Å². The third-order valence-corrected chi connectivity index (χ3v) is 5.40. The van der Waals surface area contributed by atoms with Crippen LogP contribution in [0.25, 0.3) is 11.5 Å². The molecule has 2 heterocycles. The first-order valence-electron chi connectivity index (χ1n) is 9.51. The number of methoxy groups -OCH3 is 2. The summed E-state index contributed by atoms with van der Waals surface area (Å²) in [6, 6.07) is 8.95. The molecule has 2 amide bonds. The van der Waals surface area contributed by atoms with Crippen molar-refractivity contribution < 1.29 is 23.5 Å². The van der Waals surface area contributed by atoms with E-state index in [1.807, 2.05) is 18.2 Å². The minimum absolute atomic E-state index is 0.00485. The number of hydrogen-bond acceptors (Lipinski definition) is 6. The lowest BCUT2D eigenvalue weighted by atomic mass is 9.85. The van der Waals surface area contributed by atoms with Crippen molar-refractivity contribution in [2.24, 2.45) is 0 Å². The number of furan rings is 1. The zero-order chi connectivity index (χ0) is 21.0. The Morgan fingerprint density at radius 2 is 2.03 bits per heavy atom. The monoisotopic (exact) mass is 401 g/mol. The highest BCUT2D eigenvalue weighted by molar-refractivity contribution is 5.92.